The number of nitrogens with zero attached hydrogens (tertiary/aromatic N) is 1. The molecule has 0 atom stereocenters. The minimum absolute atomic E-state index is 0.386. The first-order valence-electron chi connectivity index (χ1n) is 13.0. The van der Waals surface area contributed by atoms with E-state index in [9.17, 15) is 4.79 Å². The predicted molar refractivity (Wildman–Crippen MR) is 148 cm³/mol. The third-order valence-corrected chi connectivity index (χ3v) is 9.48. The average Bonchev–Trinajstić information content (AvgIpc) is 3.20. The van der Waals surface area contributed by atoms with Gasteiger partial charge in [0.1, 0.15) is 0 Å². The maximum atomic E-state index is 12.8. The van der Waals surface area contributed by atoms with E-state index in [0.29, 0.717) is 3.83 Å². The Balaban J connectivity index is 1.58. The molecular weight excluding hydrogens is 530 g/mol. The number of hydrogen-bond donors (Lipinski definition) is 0. The molecule has 2 nitrogen and oxygen atoms in total. The number of benzene rings is 3. The molecule has 0 amide bonds. The summed E-state index contributed by atoms with van der Waals surface area (Å²) in [5.41, 5.74) is 5.88. The monoisotopic (exact) mass is 569 g/mol. The molecule has 0 N–H and O–H groups in total. The van der Waals surface area contributed by atoms with E-state index in [1.165, 1.54) is 84.4 Å². The van der Waals surface area contributed by atoms with E-state index >= 15 is 0 Å². The van der Waals surface area contributed by atoms with E-state index in [-0.39, 0.29) is 0 Å². The van der Waals surface area contributed by atoms with Crippen LogP contribution in [-0.4, -0.2) is 29.3 Å². The van der Waals surface area contributed by atoms with Gasteiger partial charge in [-0.1, -0.05) is 39.0 Å². The van der Waals surface area contributed by atoms with Crippen molar-refractivity contribution >= 4 is 46.6 Å². The van der Waals surface area contributed by atoms with Gasteiger partial charge in [0.2, 0.25) is 0 Å². The molecule has 4 aromatic rings. The number of carbonyl (C=O) groups is 1. The number of aryl methyl sites for hydroxylation is 1. The molecule has 4 rings (SSSR count). The maximum absolute atomic E-state index is 12.8. The molecule has 1 aromatic heterocycles. The van der Waals surface area contributed by atoms with Crippen LogP contribution in [-0.2, 0) is 6.42 Å². The van der Waals surface area contributed by atoms with Crippen molar-refractivity contribution in [3.8, 4) is 5.69 Å². The zero-order valence-corrected chi connectivity index (χ0v) is 23.0. The number of carbonyl (C=O) groups excluding carboxylic acids is 1. The molecule has 3 aromatic carbocycles. The Bertz CT molecular complexity index is 1220. The Morgan fingerprint density at radius 3 is 2.24 bits per heavy atom. The molecule has 0 unspecified atom stereocenters. The van der Waals surface area contributed by atoms with Crippen LogP contribution in [0.2, 0.25) is 4.47 Å². The second kappa shape index (κ2) is 12.6. The van der Waals surface area contributed by atoms with Gasteiger partial charge >= 0.3 is 177 Å². The number of unbranched alkanes of at least 4 members (excludes halogenated alkanes) is 6. The average molecular weight is 567 g/mol. The fraction of sp³-hybridized carbons (Fsp3) is 0.387. The van der Waals surface area contributed by atoms with E-state index in [1.54, 1.807) is 0 Å². The SMILES string of the molecule is CCCCCCCCc1ccc(-n2c3ccccc3c3cc(C(=O)[Te]CCCC)ccc32)cc1. The van der Waals surface area contributed by atoms with E-state index in [2.05, 4.69) is 79.1 Å². The quantitative estimate of drug-likeness (QED) is 0.117. The first-order chi connectivity index (χ1) is 16.7. The molecular formula is C31H37NOTe. The molecule has 178 valence electrons. The second-order valence-corrected chi connectivity index (χ2v) is 12.3. The predicted octanol–water partition coefficient (Wildman–Crippen LogP) is 8.75. The summed E-state index contributed by atoms with van der Waals surface area (Å²) in [6.07, 6.45) is 11.5. The van der Waals surface area contributed by atoms with Crippen molar-refractivity contribution < 1.29 is 4.79 Å². The number of para-hydroxylation sites is 1. The molecule has 0 saturated carbocycles. The van der Waals surface area contributed by atoms with Gasteiger partial charge in [-0.2, -0.15) is 0 Å². The summed E-state index contributed by atoms with van der Waals surface area (Å²) < 4.78 is 3.84. The third kappa shape index (κ3) is 5.94. The molecule has 0 spiro atoms. The first-order valence-corrected chi connectivity index (χ1v) is 15.8. The van der Waals surface area contributed by atoms with Crippen molar-refractivity contribution in [1.29, 1.82) is 0 Å². The number of hydrogen-bond acceptors (Lipinski definition) is 1. The third-order valence-electron chi connectivity index (χ3n) is 6.65. The summed E-state index contributed by atoms with van der Waals surface area (Å²) in [6.45, 7) is 4.47. The first kappa shape index (κ1) is 25.0. The summed E-state index contributed by atoms with van der Waals surface area (Å²) in [4.78, 5) is 12.8. The van der Waals surface area contributed by atoms with Crippen LogP contribution < -0.4 is 0 Å². The van der Waals surface area contributed by atoms with Crippen molar-refractivity contribution in [3.05, 3.63) is 77.9 Å². The topological polar surface area (TPSA) is 22.0 Å². The Kier molecular flexibility index (Phi) is 9.25. The van der Waals surface area contributed by atoms with Crippen LogP contribution in [0.25, 0.3) is 27.5 Å². The fourth-order valence-electron chi connectivity index (χ4n) is 4.69. The Labute approximate surface area is 214 Å². The van der Waals surface area contributed by atoms with Crippen LogP contribution >= 0.6 is 0 Å². The van der Waals surface area contributed by atoms with Gasteiger partial charge < -0.3 is 0 Å². The minimum atomic E-state index is -0.614. The van der Waals surface area contributed by atoms with Crippen molar-refractivity contribution in [2.75, 3.05) is 0 Å². The summed E-state index contributed by atoms with van der Waals surface area (Å²) in [7, 11) is 0. The van der Waals surface area contributed by atoms with Crippen molar-refractivity contribution in [2.24, 2.45) is 0 Å². The number of aromatic nitrogens is 1. The fourth-order valence-corrected chi connectivity index (χ4v) is 7.29. The molecule has 0 aliphatic heterocycles. The van der Waals surface area contributed by atoms with Crippen LogP contribution in [0.15, 0.2) is 66.7 Å². The van der Waals surface area contributed by atoms with Gasteiger partial charge in [0.25, 0.3) is 0 Å². The summed E-state index contributed by atoms with van der Waals surface area (Å²) in [6, 6.07) is 24.0. The second-order valence-electron chi connectivity index (χ2n) is 9.26. The van der Waals surface area contributed by atoms with E-state index in [4.69, 9.17) is 0 Å². The van der Waals surface area contributed by atoms with E-state index < -0.39 is 20.9 Å². The van der Waals surface area contributed by atoms with Crippen LogP contribution in [0.3, 0.4) is 0 Å². The van der Waals surface area contributed by atoms with Gasteiger partial charge in [-0.15, -0.1) is 0 Å². The van der Waals surface area contributed by atoms with Gasteiger partial charge in [-0.05, 0) is 0 Å². The van der Waals surface area contributed by atoms with Gasteiger partial charge in [-0.25, -0.2) is 0 Å². The van der Waals surface area contributed by atoms with Crippen molar-refractivity contribution in [1.82, 2.24) is 4.57 Å². The van der Waals surface area contributed by atoms with Crippen LogP contribution in [0, 0.1) is 0 Å². The van der Waals surface area contributed by atoms with Gasteiger partial charge in [0.05, 0.1) is 0 Å². The standard InChI is InChI=1S/C31H37NOTe/c1-3-5-7-8-9-10-13-24-16-19-26(20-17-24)32-29-15-12-11-14-27(29)28-23-25(18-21-30(28)32)31(33)34-22-6-4-2/h11-12,14-21,23H,3-10,13,22H2,1-2H3. The molecule has 34 heavy (non-hydrogen) atoms. The van der Waals surface area contributed by atoms with Crippen LogP contribution in [0.5, 0.6) is 0 Å². The normalized spacial score (nSPS) is 11.5. The van der Waals surface area contributed by atoms with E-state index in [0.717, 1.165) is 16.5 Å². The Hall–Kier alpha value is -2.08. The zero-order valence-electron chi connectivity index (χ0n) is 20.7. The van der Waals surface area contributed by atoms with Gasteiger partial charge in [-0.3, -0.25) is 0 Å². The number of fused-ring (bicyclic) bond motifs is 3. The number of rotatable bonds is 13. The van der Waals surface area contributed by atoms with Gasteiger partial charge in [0, 0.05) is 0 Å². The Morgan fingerprint density at radius 2 is 1.44 bits per heavy atom. The van der Waals surface area contributed by atoms with Crippen molar-refractivity contribution in [3.63, 3.8) is 0 Å². The molecule has 0 fully saturated rings. The van der Waals surface area contributed by atoms with Crippen LogP contribution in [0.1, 0.15) is 81.1 Å². The molecule has 0 bridgehead atoms. The van der Waals surface area contributed by atoms with Crippen molar-refractivity contribution in [2.45, 2.75) is 76.1 Å². The Morgan fingerprint density at radius 1 is 0.735 bits per heavy atom. The molecule has 0 saturated heterocycles. The molecule has 0 aliphatic carbocycles. The molecule has 3 heteroatoms. The molecule has 1 heterocycles. The molecule has 0 aliphatic rings. The molecule has 0 radical (unpaired) electrons. The summed E-state index contributed by atoms with van der Waals surface area (Å²) >= 11 is -0.614. The van der Waals surface area contributed by atoms with Crippen LogP contribution in [0.4, 0.5) is 0 Å². The summed E-state index contributed by atoms with van der Waals surface area (Å²) in [5.74, 6) is 0. The summed E-state index contributed by atoms with van der Waals surface area (Å²) in [5, 5.41) is 2.40. The van der Waals surface area contributed by atoms with E-state index in [1.807, 2.05) is 6.07 Å². The van der Waals surface area contributed by atoms with Gasteiger partial charge in [0.15, 0.2) is 0 Å². The zero-order chi connectivity index (χ0) is 23.8.